The second-order valence-electron chi connectivity index (χ2n) is 4.33. The lowest BCUT2D eigenvalue weighted by Gasteiger charge is -2.13. The number of rotatable bonds is 4. The highest BCUT2D eigenvalue weighted by Crippen LogP contribution is 2.28. The topological polar surface area (TPSA) is 24.9 Å². The van der Waals surface area contributed by atoms with Crippen LogP contribution < -0.4 is 5.32 Å². The minimum atomic E-state index is 0.657. The first-order chi connectivity index (χ1) is 8.19. The number of hydrogen-bond donors (Lipinski definition) is 1. The van der Waals surface area contributed by atoms with E-state index < -0.39 is 0 Å². The molecule has 0 saturated heterocycles. The zero-order chi connectivity index (χ0) is 12.3. The van der Waals surface area contributed by atoms with Crippen LogP contribution in [0.5, 0.6) is 0 Å². The second kappa shape index (κ2) is 6.55. The number of hydrogen-bond acceptors (Lipinski definition) is 3. The highest BCUT2D eigenvalue weighted by Gasteiger charge is 2.23. The lowest BCUT2D eigenvalue weighted by molar-refractivity contribution is 0.519. The van der Waals surface area contributed by atoms with Crippen LogP contribution in [0.3, 0.4) is 0 Å². The summed E-state index contributed by atoms with van der Waals surface area (Å²) in [6.07, 6.45) is 7.98. The molecule has 1 saturated carbocycles. The molecule has 1 aromatic rings. The average Bonchev–Trinajstić information content (AvgIpc) is 2.76. The molecule has 1 fully saturated rings. The molecule has 1 aromatic heterocycles. The maximum atomic E-state index is 4.42. The summed E-state index contributed by atoms with van der Waals surface area (Å²) in [6.45, 7) is 0.847. The van der Waals surface area contributed by atoms with Gasteiger partial charge in [0.25, 0.3) is 0 Å². The van der Waals surface area contributed by atoms with Gasteiger partial charge in [-0.05, 0) is 63.4 Å². The van der Waals surface area contributed by atoms with Crippen molar-refractivity contribution in [3.63, 3.8) is 0 Å². The fourth-order valence-corrected chi connectivity index (χ4v) is 4.08. The third kappa shape index (κ3) is 3.94. The Balaban J connectivity index is 1.86. The van der Waals surface area contributed by atoms with Crippen molar-refractivity contribution in [1.82, 2.24) is 10.3 Å². The predicted octanol–water partition coefficient (Wildman–Crippen LogP) is 3.98. The van der Waals surface area contributed by atoms with E-state index in [1.54, 1.807) is 0 Å². The lowest BCUT2D eigenvalue weighted by Crippen LogP contribution is -2.26. The van der Waals surface area contributed by atoms with E-state index >= 15 is 0 Å². The first kappa shape index (κ1) is 13.8. The minimum absolute atomic E-state index is 0.657. The van der Waals surface area contributed by atoms with E-state index in [4.69, 9.17) is 0 Å². The van der Waals surface area contributed by atoms with Gasteiger partial charge in [0.2, 0.25) is 0 Å². The summed E-state index contributed by atoms with van der Waals surface area (Å²) in [5.41, 5.74) is 1.08. The van der Waals surface area contributed by atoms with Crippen molar-refractivity contribution in [3.05, 3.63) is 26.9 Å². The average molecular weight is 380 g/mol. The summed E-state index contributed by atoms with van der Waals surface area (Å²) in [6, 6.07) is 2.70. The van der Waals surface area contributed by atoms with Gasteiger partial charge < -0.3 is 5.32 Å². The normalized spacial score (nSPS) is 24.2. The minimum Gasteiger partial charge on any atom is -0.308 e. The van der Waals surface area contributed by atoms with Crippen molar-refractivity contribution in [3.8, 4) is 0 Å². The van der Waals surface area contributed by atoms with E-state index in [0.29, 0.717) is 6.04 Å². The van der Waals surface area contributed by atoms with Crippen molar-refractivity contribution in [2.75, 3.05) is 6.26 Å². The lowest BCUT2D eigenvalue weighted by atomic mass is 10.2. The molecule has 2 nitrogen and oxygen atoms in total. The van der Waals surface area contributed by atoms with Crippen LogP contribution in [-0.4, -0.2) is 22.5 Å². The fraction of sp³-hybridized carbons (Fsp3) is 0.583. The molecule has 0 radical (unpaired) electrons. The molecule has 0 aromatic carbocycles. The molecule has 94 valence electrons. The van der Waals surface area contributed by atoms with Gasteiger partial charge in [-0.3, -0.25) is 4.98 Å². The Kier molecular flexibility index (Phi) is 5.33. The summed E-state index contributed by atoms with van der Waals surface area (Å²) >= 11 is 8.95. The van der Waals surface area contributed by atoms with Gasteiger partial charge in [-0.25, -0.2) is 0 Å². The Morgan fingerprint density at radius 3 is 2.94 bits per heavy atom. The van der Waals surface area contributed by atoms with Crippen LogP contribution in [0, 0.1) is 0 Å². The van der Waals surface area contributed by atoms with Crippen molar-refractivity contribution in [2.24, 2.45) is 0 Å². The Bertz CT molecular complexity index is 387. The van der Waals surface area contributed by atoms with E-state index in [9.17, 15) is 0 Å². The van der Waals surface area contributed by atoms with Crippen molar-refractivity contribution in [2.45, 2.75) is 37.1 Å². The summed E-state index contributed by atoms with van der Waals surface area (Å²) in [5.74, 6) is 0. The summed E-state index contributed by atoms with van der Waals surface area (Å²) in [5, 5.41) is 4.44. The first-order valence-corrected chi connectivity index (χ1v) is 8.62. The molecule has 1 aliphatic rings. The van der Waals surface area contributed by atoms with E-state index in [1.807, 2.05) is 24.0 Å². The molecule has 2 unspecified atom stereocenters. The monoisotopic (exact) mass is 378 g/mol. The molecular formula is C12H16Br2N2S. The molecule has 2 rings (SSSR count). The van der Waals surface area contributed by atoms with Crippen LogP contribution in [0.1, 0.15) is 25.0 Å². The number of aromatic nitrogens is 1. The predicted molar refractivity (Wildman–Crippen MR) is 81.4 cm³/mol. The standard InChI is InChI=1S/C12H16Br2N2S/c1-17-10-3-2-9(5-10)15-7-12-11(14)4-8(13)6-16-12/h4,6,9-10,15H,2-3,5,7H2,1H3. The van der Waals surface area contributed by atoms with Crippen molar-refractivity contribution >= 4 is 43.6 Å². The zero-order valence-electron chi connectivity index (χ0n) is 9.75. The SMILES string of the molecule is CSC1CCC(NCc2ncc(Br)cc2Br)C1. The molecule has 5 heteroatoms. The molecule has 1 heterocycles. The fourth-order valence-electron chi connectivity index (χ4n) is 2.15. The Morgan fingerprint density at radius 2 is 2.29 bits per heavy atom. The first-order valence-electron chi connectivity index (χ1n) is 5.75. The van der Waals surface area contributed by atoms with Gasteiger partial charge in [0.1, 0.15) is 0 Å². The molecule has 17 heavy (non-hydrogen) atoms. The van der Waals surface area contributed by atoms with Gasteiger partial charge in [0.05, 0.1) is 5.69 Å². The van der Waals surface area contributed by atoms with Gasteiger partial charge >= 0.3 is 0 Å². The van der Waals surface area contributed by atoms with E-state index in [0.717, 1.165) is 26.4 Å². The molecule has 0 amide bonds. The molecule has 1 aliphatic carbocycles. The highest BCUT2D eigenvalue weighted by atomic mass is 79.9. The summed E-state index contributed by atoms with van der Waals surface area (Å²) in [4.78, 5) is 4.42. The van der Waals surface area contributed by atoms with Gasteiger partial charge in [-0.1, -0.05) is 0 Å². The Labute approximate surface area is 124 Å². The van der Waals surface area contributed by atoms with Crippen LogP contribution in [0.2, 0.25) is 0 Å². The number of nitrogens with zero attached hydrogens (tertiary/aromatic N) is 1. The van der Waals surface area contributed by atoms with Gasteiger partial charge in [0.15, 0.2) is 0 Å². The number of nitrogens with one attached hydrogen (secondary N) is 1. The zero-order valence-corrected chi connectivity index (χ0v) is 13.7. The quantitative estimate of drug-likeness (QED) is 0.856. The maximum Gasteiger partial charge on any atom is 0.0684 e. The van der Waals surface area contributed by atoms with E-state index in [2.05, 4.69) is 48.4 Å². The van der Waals surface area contributed by atoms with Crippen LogP contribution in [0.15, 0.2) is 21.2 Å². The number of pyridine rings is 1. The smallest absolute Gasteiger partial charge is 0.0684 e. The van der Waals surface area contributed by atoms with Crippen LogP contribution >= 0.6 is 43.6 Å². The maximum absolute atomic E-state index is 4.42. The number of thioether (sulfide) groups is 1. The molecule has 0 bridgehead atoms. The van der Waals surface area contributed by atoms with Gasteiger partial charge in [0, 0.05) is 33.0 Å². The van der Waals surface area contributed by atoms with Crippen LogP contribution in [0.4, 0.5) is 0 Å². The summed E-state index contributed by atoms with van der Waals surface area (Å²) < 4.78 is 2.08. The van der Waals surface area contributed by atoms with Gasteiger partial charge in [-0.2, -0.15) is 11.8 Å². The van der Waals surface area contributed by atoms with E-state index in [1.165, 1.54) is 19.3 Å². The van der Waals surface area contributed by atoms with Crippen LogP contribution in [0.25, 0.3) is 0 Å². The third-order valence-corrected chi connectivity index (χ3v) is 5.38. The third-order valence-electron chi connectivity index (χ3n) is 3.16. The largest absolute Gasteiger partial charge is 0.308 e. The van der Waals surface area contributed by atoms with Gasteiger partial charge in [-0.15, -0.1) is 0 Å². The van der Waals surface area contributed by atoms with E-state index in [-0.39, 0.29) is 0 Å². The molecular weight excluding hydrogens is 364 g/mol. The summed E-state index contributed by atoms with van der Waals surface area (Å²) in [7, 11) is 0. The van der Waals surface area contributed by atoms with Crippen molar-refractivity contribution in [1.29, 1.82) is 0 Å². The highest BCUT2D eigenvalue weighted by molar-refractivity contribution is 9.11. The van der Waals surface area contributed by atoms with Crippen LogP contribution in [-0.2, 0) is 6.54 Å². The molecule has 0 spiro atoms. The number of halogens is 2. The molecule has 1 N–H and O–H groups in total. The molecule has 0 aliphatic heterocycles. The Morgan fingerprint density at radius 1 is 1.47 bits per heavy atom. The second-order valence-corrected chi connectivity index (χ2v) is 7.24. The van der Waals surface area contributed by atoms with Crippen molar-refractivity contribution < 1.29 is 0 Å². The Hall–Kier alpha value is 0.420. The molecule has 2 atom stereocenters.